The number of amides is 1. The number of carboxylic acid groups (broad SMARTS) is 1. The van der Waals surface area contributed by atoms with Crippen molar-refractivity contribution in [1.29, 1.82) is 0 Å². The van der Waals surface area contributed by atoms with Gasteiger partial charge in [-0.3, -0.25) is 5.32 Å². The van der Waals surface area contributed by atoms with E-state index >= 15 is 0 Å². The largest absolute Gasteiger partial charge is 0.467 e. The summed E-state index contributed by atoms with van der Waals surface area (Å²) in [5.74, 6) is 0.650. The minimum absolute atomic E-state index is 0.0575. The minimum atomic E-state index is -1.12. The molecule has 1 aromatic carbocycles. The molecule has 0 aromatic heterocycles. The van der Waals surface area contributed by atoms with Gasteiger partial charge in [0, 0.05) is 5.56 Å². The van der Waals surface area contributed by atoms with Gasteiger partial charge in [0.15, 0.2) is 13.0 Å². The number of para-hydroxylation sites is 1. The van der Waals surface area contributed by atoms with Gasteiger partial charge in [0.05, 0.1) is 0 Å². The predicted octanol–water partition coefficient (Wildman–Crippen LogP) is 1.32. The first-order chi connectivity index (χ1) is 6.77. The molecule has 0 saturated heterocycles. The molecule has 1 aliphatic heterocycles. The Kier molecular flexibility index (Phi) is 2.24. The van der Waals surface area contributed by atoms with Gasteiger partial charge in [-0.15, -0.1) is 0 Å². The highest BCUT2D eigenvalue weighted by atomic mass is 16.7. The molecule has 74 valence electrons. The van der Waals surface area contributed by atoms with Crippen LogP contribution in [-0.2, 0) is 4.74 Å². The van der Waals surface area contributed by atoms with Crippen LogP contribution in [0.2, 0.25) is 0 Å². The fourth-order valence-corrected chi connectivity index (χ4v) is 1.32. The molecule has 0 aliphatic carbocycles. The topological polar surface area (TPSA) is 67.8 Å². The van der Waals surface area contributed by atoms with E-state index in [0.717, 1.165) is 0 Å². The lowest BCUT2D eigenvalue weighted by molar-refractivity contribution is -0.0704. The van der Waals surface area contributed by atoms with E-state index in [2.05, 4.69) is 5.32 Å². The van der Waals surface area contributed by atoms with Crippen LogP contribution in [0.3, 0.4) is 0 Å². The van der Waals surface area contributed by atoms with Gasteiger partial charge >= 0.3 is 6.09 Å². The smallest absolute Gasteiger partial charge is 0.406 e. The number of ether oxygens (including phenoxy) is 2. The van der Waals surface area contributed by atoms with Gasteiger partial charge in [0.25, 0.3) is 0 Å². The van der Waals surface area contributed by atoms with Crippen LogP contribution in [-0.4, -0.2) is 18.0 Å². The molecule has 0 saturated carbocycles. The van der Waals surface area contributed by atoms with Gasteiger partial charge in [-0.1, -0.05) is 18.2 Å². The second-order valence-electron chi connectivity index (χ2n) is 2.80. The molecule has 2 N–H and O–H groups in total. The molecular weight excluding hydrogens is 186 g/mol. The Balaban J connectivity index is 2.26. The van der Waals surface area contributed by atoms with Gasteiger partial charge in [0.2, 0.25) is 0 Å². The maximum Gasteiger partial charge on any atom is 0.406 e. The van der Waals surface area contributed by atoms with E-state index in [9.17, 15) is 4.79 Å². The quantitative estimate of drug-likeness (QED) is 0.709. The van der Waals surface area contributed by atoms with E-state index in [1.54, 1.807) is 18.2 Å². The Morgan fingerprint density at radius 1 is 1.50 bits per heavy atom. The predicted molar refractivity (Wildman–Crippen MR) is 46.9 cm³/mol. The highest BCUT2D eigenvalue weighted by molar-refractivity contribution is 5.65. The minimum Gasteiger partial charge on any atom is -0.467 e. The van der Waals surface area contributed by atoms with Crippen LogP contribution in [0.25, 0.3) is 0 Å². The van der Waals surface area contributed by atoms with E-state index in [1.165, 1.54) is 0 Å². The van der Waals surface area contributed by atoms with Gasteiger partial charge in [-0.25, -0.2) is 4.79 Å². The summed E-state index contributed by atoms with van der Waals surface area (Å²) < 4.78 is 10.3. The van der Waals surface area contributed by atoms with Crippen molar-refractivity contribution in [1.82, 2.24) is 5.32 Å². The second kappa shape index (κ2) is 3.55. The summed E-state index contributed by atoms with van der Waals surface area (Å²) in [6.45, 7) is 0.0575. The third-order valence-electron chi connectivity index (χ3n) is 1.91. The SMILES string of the molecule is O=C(O)NC1OCOc2ccccc21. The monoisotopic (exact) mass is 195 g/mol. The molecule has 0 radical (unpaired) electrons. The molecule has 1 atom stereocenters. The van der Waals surface area contributed by atoms with E-state index in [4.69, 9.17) is 14.6 Å². The zero-order valence-corrected chi connectivity index (χ0v) is 7.27. The fourth-order valence-electron chi connectivity index (χ4n) is 1.32. The average Bonchev–Trinajstić information content (AvgIpc) is 2.18. The molecule has 5 nitrogen and oxygen atoms in total. The van der Waals surface area contributed by atoms with Crippen molar-refractivity contribution in [2.24, 2.45) is 0 Å². The van der Waals surface area contributed by atoms with Crippen molar-refractivity contribution in [3.8, 4) is 5.75 Å². The normalized spacial score (nSPS) is 19.3. The second-order valence-corrected chi connectivity index (χ2v) is 2.80. The van der Waals surface area contributed by atoms with Crippen LogP contribution in [0.1, 0.15) is 11.8 Å². The van der Waals surface area contributed by atoms with Gasteiger partial charge < -0.3 is 14.6 Å². The lowest BCUT2D eigenvalue weighted by Gasteiger charge is -2.25. The van der Waals surface area contributed by atoms with Gasteiger partial charge in [-0.05, 0) is 6.07 Å². The van der Waals surface area contributed by atoms with Crippen LogP contribution in [0.15, 0.2) is 24.3 Å². The summed E-state index contributed by atoms with van der Waals surface area (Å²) >= 11 is 0. The van der Waals surface area contributed by atoms with Crippen molar-refractivity contribution in [3.63, 3.8) is 0 Å². The van der Waals surface area contributed by atoms with Crippen LogP contribution >= 0.6 is 0 Å². The molecule has 0 bridgehead atoms. The fraction of sp³-hybridized carbons (Fsp3) is 0.222. The van der Waals surface area contributed by atoms with Crippen molar-refractivity contribution < 1.29 is 19.4 Å². The maximum absolute atomic E-state index is 10.4. The lowest BCUT2D eigenvalue weighted by Crippen LogP contribution is -2.32. The molecular formula is C9H9NO4. The molecule has 14 heavy (non-hydrogen) atoms. The van der Waals surface area contributed by atoms with Crippen molar-refractivity contribution in [3.05, 3.63) is 29.8 Å². The summed E-state index contributed by atoms with van der Waals surface area (Å²) in [5, 5.41) is 10.8. The Morgan fingerprint density at radius 3 is 3.07 bits per heavy atom. The first-order valence-electron chi connectivity index (χ1n) is 4.10. The maximum atomic E-state index is 10.4. The summed E-state index contributed by atoms with van der Waals surface area (Å²) in [4.78, 5) is 10.4. The Hall–Kier alpha value is -1.75. The standard InChI is InChI=1S/C9H9NO4/c11-9(12)10-8-6-3-1-2-4-7(6)13-5-14-8/h1-4,8,10H,5H2,(H,11,12). The molecule has 5 heteroatoms. The van der Waals surface area contributed by atoms with E-state index in [0.29, 0.717) is 11.3 Å². The van der Waals surface area contributed by atoms with Crippen LogP contribution in [0.4, 0.5) is 4.79 Å². The van der Waals surface area contributed by atoms with E-state index in [1.807, 2.05) is 6.07 Å². The number of benzene rings is 1. The zero-order valence-electron chi connectivity index (χ0n) is 7.27. The number of hydrogen-bond donors (Lipinski definition) is 2. The number of fused-ring (bicyclic) bond motifs is 1. The molecule has 1 aromatic rings. The summed E-state index contributed by atoms with van der Waals surface area (Å²) in [7, 11) is 0. The van der Waals surface area contributed by atoms with Crippen LogP contribution in [0, 0.1) is 0 Å². The van der Waals surface area contributed by atoms with Crippen molar-refractivity contribution in [2.45, 2.75) is 6.23 Å². The third kappa shape index (κ3) is 1.62. The lowest BCUT2D eigenvalue weighted by atomic mass is 10.1. The molecule has 1 amide bonds. The number of hydrogen-bond acceptors (Lipinski definition) is 3. The molecule has 1 heterocycles. The van der Waals surface area contributed by atoms with Crippen molar-refractivity contribution in [2.75, 3.05) is 6.79 Å². The Morgan fingerprint density at radius 2 is 2.29 bits per heavy atom. The summed E-state index contributed by atoms with van der Waals surface area (Å²) in [5.41, 5.74) is 0.696. The molecule has 0 fully saturated rings. The zero-order chi connectivity index (χ0) is 9.97. The molecule has 0 spiro atoms. The van der Waals surface area contributed by atoms with Gasteiger partial charge in [-0.2, -0.15) is 0 Å². The molecule has 1 aliphatic rings. The number of carbonyl (C=O) groups is 1. The molecule has 2 rings (SSSR count). The van der Waals surface area contributed by atoms with E-state index < -0.39 is 12.3 Å². The van der Waals surface area contributed by atoms with Crippen molar-refractivity contribution >= 4 is 6.09 Å². The first kappa shape index (κ1) is 8.83. The van der Waals surface area contributed by atoms with Gasteiger partial charge in [0.1, 0.15) is 5.75 Å². The Bertz CT molecular complexity index is 352. The third-order valence-corrected chi connectivity index (χ3v) is 1.91. The summed E-state index contributed by atoms with van der Waals surface area (Å²) in [6.07, 6.45) is -1.76. The van der Waals surface area contributed by atoms with E-state index in [-0.39, 0.29) is 6.79 Å². The highest BCUT2D eigenvalue weighted by Crippen LogP contribution is 2.29. The highest BCUT2D eigenvalue weighted by Gasteiger charge is 2.22. The van der Waals surface area contributed by atoms with Crippen LogP contribution < -0.4 is 10.1 Å². The van der Waals surface area contributed by atoms with Crippen LogP contribution in [0.5, 0.6) is 5.75 Å². The average molecular weight is 195 g/mol. The number of rotatable bonds is 1. The first-order valence-corrected chi connectivity index (χ1v) is 4.10. The number of nitrogens with one attached hydrogen (secondary N) is 1. The summed E-state index contributed by atoms with van der Waals surface area (Å²) in [6, 6.07) is 7.15. The Labute approximate surface area is 80.3 Å². The molecule has 1 unspecified atom stereocenters.